The first-order chi connectivity index (χ1) is 9.81. The first-order valence-corrected chi connectivity index (χ1v) is 7.92. The monoisotopic (exact) mass is 302 g/mol. The number of halogens is 1. The number of nitrogens with zero attached hydrogens (tertiary/aromatic N) is 2. The molecular weight excluding hydrogens is 291 g/mol. The van der Waals surface area contributed by atoms with Crippen LogP contribution in [0.15, 0.2) is 59.1 Å². The molecule has 0 saturated heterocycles. The highest BCUT2D eigenvalue weighted by Crippen LogP contribution is 2.27. The molecule has 2 heterocycles. The third-order valence-electron chi connectivity index (χ3n) is 2.65. The van der Waals surface area contributed by atoms with E-state index in [-0.39, 0.29) is 5.82 Å². The summed E-state index contributed by atoms with van der Waals surface area (Å²) in [5, 5.41) is 3.94. The van der Waals surface area contributed by atoms with Crippen molar-refractivity contribution in [2.24, 2.45) is 0 Å². The number of hydrogen-bond donors (Lipinski definition) is 0. The summed E-state index contributed by atoms with van der Waals surface area (Å²) in [6.45, 7) is 0. The maximum Gasteiger partial charge on any atom is 0.123 e. The summed E-state index contributed by atoms with van der Waals surface area (Å²) in [5.74, 6) is 0.561. The van der Waals surface area contributed by atoms with E-state index in [0.717, 1.165) is 27.0 Å². The molecule has 0 N–H and O–H groups in total. The van der Waals surface area contributed by atoms with Crippen molar-refractivity contribution in [2.45, 2.75) is 10.8 Å². The summed E-state index contributed by atoms with van der Waals surface area (Å²) in [7, 11) is 0. The van der Waals surface area contributed by atoms with E-state index in [1.165, 1.54) is 12.1 Å². The Morgan fingerprint density at radius 1 is 1.10 bits per heavy atom. The lowest BCUT2D eigenvalue weighted by Gasteiger charge is -1.97. The lowest BCUT2D eigenvalue weighted by Crippen LogP contribution is -1.84. The SMILES string of the molecule is Fc1ccc(-c2nc(CSc3ccccn3)cs2)cc1. The Hall–Kier alpha value is -1.72. The third-order valence-corrected chi connectivity index (χ3v) is 4.57. The standard InChI is InChI=1S/C15H11FN2S2/c16-12-6-4-11(5-7-12)15-18-13(10-20-15)9-19-14-3-1-2-8-17-14/h1-8,10H,9H2. The van der Waals surface area contributed by atoms with Gasteiger partial charge < -0.3 is 0 Å². The summed E-state index contributed by atoms with van der Waals surface area (Å²) in [4.78, 5) is 8.84. The fourth-order valence-electron chi connectivity index (χ4n) is 1.68. The molecule has 0 atom stereocenters. The van der Waals surface area contributed by atoms with Gasteiger partial charge >= 0.3 is 0 Å². The fraction of sp³-hybridized carbons (Fsp3) is 0.0667. The van der Waals surface area contributed by atoms with Crippen molar-refractivity contribution < 1.29 is 4.39 Å². The fourth-order valence-corrected chi connectivity index (χ4v) is 3.36. The molecule has 2 nitrogen and oxygen atoms in total. The second-order valence-corrected chi connectivity index (χ2v) is 5.96. The average Bonchev–Trinajstić information content (AvgIpc) is 2.96. The normalized spacial score (nSPS) is 10.7. The Labute approximate surface area is 124 Å². The van der Waals surface area contributed by atoms with Gasteiger partial charge in [-0.3, -0.25) is 0 Å². The number of benzene rings is 1. The van der Waals surface area contributed by atoms with Crippen LogP contribution < -0.4 is 0 Å². The minimum Gasteiger partial charge on any atom is -0.250 e. The van der Waals surface area contributed by atoms with Gasteiger partial charge in [0.1, 0.15) is 10.8 Å². The largest absolute Gasteiger partial charge is 0.250 e. The van der Waals surface area contributed by atoms with Gasteiger partial charge in [0.2, 0.25) is 0 Å². The van der Waals surface area contributed by atoms with Gasteiger partial charge in [-0.1, -0.05) is 6.07 Å². The van der Waals surface area contributed by atoms with Crippen LogP contribution in [0.5, 0.6) is 0 Å². The molecule has 0 spiro atoms. The topological polar surface area (TPSA) is 25.8 Å². The Balaban J connectivity index is 1.69. The second kappa shape index (κ2) is 6.15. The molecule has 100 valence electrons. The van der Waals surface area contributed by atoms with Crippen LogP contribution in [0.2, 0.25) is 0 Å². The highest BCUT2D eigenvalue weighted by molar-refractivity contribution is 7.98. The Kier molecular flexibility index (Phi) is 4.08. The van der Waals surface area contributed by atoms with E-state index in [0.29, 0.717) is 0 Å². The highest BCUT2D eigenvalue weighted by Gasteiger charge is 2.05. The maximum absolute atomic E-state index is 12.9. The van der Waals surface area contributed by atoms with Crippen LogP contribution in [0.1, 0.15) is 5.69 Å². The minimum absolute atomic E-state index is 0.226. The second-order valence-electron chi connectivity index (χ2n) is 4.11. The zero-order valence-corrected chi connectivity index (χ0v) is 12.1. The van der Waals surface area contributed by atoms with Crippen LogP contribution >= 0.6 is 23.1 Å². The number of hydrogen-bond acceptors (Lipinski definition) is 4. The third kappa shape index (κ3) is 3.23. The maximum atomic E-state index is 12.9. The molecule has 1 aromatic carbocycles. The number of thiazole rings is 1. The van der Waals surface area contributed by atoms with Gasteiger partial charge in [0.15, 0.2) is 0 Å². The van der Waals surface area contributed by atoms with Crippen molar-refractivity contribution in [3.05, 3.63) is 65.6 Å². The summed E-state index contributed by atoms with van der Waals surface area (Å²) >= 11 is 3.23. The van der Waals surface area contributed by atoms with E-state index in [9.17, 15) is 4.39 Å². The molecule has 0 radical (unpaired) electrons. The van der Waals surface area contributed by atoms with Crippen LogP contribution in [0.3, 0.4) is 0 Å². The molecule has 0 unspecified atom stereocenters. The summed E-state index contributed by atoms with van der Waals surface area (Å²) in [6.07, 6.45) is 1.79. The zero-order chi connectivity index (χ0) is 13.8. The van der Waals surface area contributed by atoms with E-state index in [4.69, 9.17) is 0 Å². The lowest BCUT2D eigenvalue weighted by molar-refractivity contribution is 0.628. The van der Waals surface area contributed by atoms with Crippen molar-refractivity contribution in [1.82, 2.24) is 9.97 Å². The van der Waals surface area contributed by atoms with E-state index in [1.54, 1.807) is 41.4 Å². The quantitative estimate of drug-likeness (QED) is 0.657. The Morgan fingerprint density at radius 2 is 1.95 bits per heavy atom. The van der Waals surface area contributed by atoms with Crippen molar-refractivity contribution >= 4 is 23.1 Å². The average molecular weight is 302 g/mol. The van der Waals surface area contributed by atoms with Crippen LogP contribution in [0.25, 0.3) is 10.6 Å². The van der Waals surface area contributed by atoms with Crippen molar-refractivity contribution in [2.75, 3.05) is 0 Å². The first-order valence-electron chi connectivity index (χ1n) is 6.05. The molecule has 3 rings (SSSR count). The van der Waals surface area contributed by atoms with Crippen LogP contribution in [0, 0.1) is 5.82 Å². The zero-order valence-electron chi connectivity index (χ0n) is 10.5. The lowest BCUT2D eigenvalue weighted by atomic mass is 10.2. The summed E-state index contributed by atoms with van der Waals surface area (Å²) < 4.78 is 12.9. The number of aromatic nitrogens is 2. The molecule has 2 aromatic heterocycles. The molecule has 0 saturated carbocycles. The van der Waals surface area contributed by atoms with E-state index in [2.05, 4.69) is 9.97 Å². The molecular formula is C15H11FN2S2. The van der Waals surface area contributed by atoms with Crippen molar-refractivity contribution in [1.29, 1.82) is 0 Å². The predicted molar refractivity (Wildman–Crippen MR) is 81.3 cm³/mol. The van der Waals surface area contributed by atoms with Crippen molar-refractivity contribution in [3.8, 4) is 10.6 Å². The Bertz CT molecular complexity index is 681. The molecule has 0 fully saturated rings. The predicted octanol–water partition coefficient (Wildman–Crippen LogP) is 4.64. The van der Waals surface area contributed by atoms with Gasteiger partial charge in [-0.25, -0.2) is 14.4 Å². The molecule has 0 bridgehead atoms. The van der Waals surface area contributed by atoms with Gasteiger partial charge in [0.05, 0.1) is 10.7 Å². The van der Waals surface area contributed by atoms with E-state index in [1.807, 2.05) is 23.6 Å². The molecule has 5 heteroatoms. The molecule has 3 aromatic rings. The van der Waals surface area contributed by atoms with Gasteiger partial charge in [-0.2, -0.15) is 0 Å². The molecule has 0 aliphatic heterocycles. The molecule has 20 heavy (non-hydrogen) atoms. The van der Waals surface area contributed by atoms with Gasteiger partial charge in [0, 0.05) is 22.9 Å². The number of pyridine rings is 1. The van der Waals surface area contributed by atoms with Gasteiger partial charge in [-0.15, -0.1) is 23.1 Å². The number of rotatable bonds is 4. The van der Waals surface area contributed by atoms with Crippen LogP contribution in [-0.2, 0) is 5.75 Å². The number of thioether (sulfide) groups is 1. The van der Waals surface area contributed by atoms with Gasteiger partial charge in [-0.05, 0) is 36.4 Å². The van der Waals surface area contributed by atoms with Crippen molar-refractivity contribution in [3.63, 3.8) is 0 Å². The van der Waals surface area contributed by atoms with Gasteiger partial charge in [0.25, 0.3) is 0 Å². The molecule has 0 aliphatic rings. The first kappa shape index (κ1) is 13.3. The summed E-state index contributed by atoms with van der Waals surface area (Å²) in [5.41, 5.74) is 1.97. The van der Waals surface area contributed by atoms with Crippen LogP contribution in [-0.4, -0.2) is 9.97 Å². The molecule has 0 amide bonds. The van der Waals surface area contributed by atoms with E-state index < -0.39 is 0 Å². The Morgan fingerprint density at radius 3 is 2.70 bits per heavy atom. The minimum atomic E-state index is -0.226. The summed E-state index contributed by atoms with van der Waals surface area (Å²) in [6, 6.07) is 12.3. The van der Waals surface area contributed by atoms with Crippen LogP contribution in [0.4, 0.5) is 4.39 Å². The smallest absolute Gasteiger partial charge is 0.123 e. The van der Waals surface area contributed by atoms with E-state index >= 15 is 0 Å². The molecule has 0 aliphatic carbocycles. The highest BCUT2D eigenvalue weighted by atomic mass is 32.2.